The first kappa shape index (κ1) is 18.9. The van der Waals surface area contributed by atoms with Crippen LogP contribution in [0.15, 0.2) is 48.8 Å². The van der Waals surface area contributed by atoms with Crippen LogP contribution in [0.5, 0.6) is 5.75 Å². The van der Waals surface area contributed by atoms with Gasteiger partial charge in [-0.25, -0.2) is 4.39 Å². The summed E-state index contributed by atoms with van der Waals surface area (Å²) in [5.74, 6) is 0.127. The zero-order valence-electron chi connectivity index (χ0n) is 16.0. The van der Waals surface area contributed by atoms with Crippen LogP contribution in [0.2, 0.25) is 0 Å². The molecule has 0 N–H and O–H groups in total. The standard InChI is InChI=1S/C22H26FN3O2/c23-20-5-1-2-6-21(20)28-19-9-14-25(15-10-19)18-7-12-26(13-8-18)22(27)17-4-3-11-24-16-17/h1-6,11,16,18-19H,7-10,12-15H2. The summed E-state index contributed by atoms with van der Waals surface area (Å²) in [5, 5.41) is 0. The Kier molecular flexibility index (Phi) is 5.86. The highest BCUT2D eigenvalue weighted by Gasteiger charge is 2.30. The number of para-hydroxylation sites is 1. The van der Waals surface area contributed by atoms with Crippen LogP contribution in [0.25, 0.3) is 0 Å². The van der Waals surface area contributed by atoms with Crippen molar-refractivity contribution in [2.24, 2.45) is 0 Å². The van der Waals surface area contributed by atoms with Crippen LogP contribution >= 0.6 is 0 Å². The van der Waals surface area contributed by atoms with Gasteiger partial charge in [0.1, 0.15) is 6.10 Å². The molecule has 2 aliphatic rings. The number of likely N-dealkylation sites (tertiary alicyclic amines) is 2. The van der Waals surface area contributed by atoms with E-state index in [1.807, 2.05) is 11.0 Å². The third-order valence-electron chi connectivity index (χ3n) is 5.78. The van der Waals surface area contributed by atoms with Crippen LogP contribution in [0.4, 0.5) is 4.39 Å². The normalized spacial score (nSPS) is 19.5. The molecule has 6 heteroatoms. The van der Waals surface area contributed by atoms with Crippen molar-refractivity contribution in [1.29, 1.82) is 0 Å². The van der Waals surface area contributed by atoms with Gasteiger partial charge in [0.15, 0.2) is 11.6 Å². The molecule has 0 saturated carbocycles. The van der Waals surface area contributed by atoms with Crippen molar-refractivity contribution in [3.8, 4) is 5.75 Å². The molecule has 0 unspecified atom stereocenters. The lowest BCUT2D eigenvalue weighted by Gasteiger charge is -2.41. The van der Waals surface area contributed by atoms with E-state index in [0.29, 0.717) is 17.4 Å². The molecule has 1 amide bonds. The van der Waals surface area contributed by atoms with Crippen LogP contribution < -0.4 is 4.74 Å². The SMILES string of the molecule is O=C(c1cccnc1)N1CCC(N2CCC(Oc3ccccc3F)CC2)CC1. The number of amides is 1. The fourth-order valence-corrected chi connectivity index (χ4v) is 4.18. The molecule has 2 fully saturated rings. The van der Waals surface area contributed by atoms with Crippen LogP contribution in [0, 0.1) is 5.82 Å². The molecule has 2 aliphatic heterocycles. The average Bonchev–Trinajstić information content (AvgIpc) is 2.76. The summed E-state index contributed by atoms with van der Waals surface area (Å²) >= 11 is 0. The Balaban J connectivity index is 1.24. The Bertz CT molecular complexity index is 785. The molecule has 1 aromatic heterocycles. The average molecular weight is 383 g/mol. The number of carbonyl (C=O) groups excluding carboxylic acids is 1. The summed E-state index contributed by atoms with van der Waals surface area (Å²) in [6.07, 6.45) is 7.18. The van der Waals surface area contributed by atoms with E-state index >= 15 is 0 Å². The third kappa shape index (κ3) is 4.33. The van der Waals surface area contributed by atoms with Crippen molar-refractivity contribution in [3.63, 3.8) is 0 Å². The summed E-state index contributed by atoms with van der Waals surface area (Å²) in [6, 6.07) is 10.7. The Hall–Kier alpha value is -2.47. The Morgan fingerprint density at radius 2 is 1.75 bits per heavy atom. The van der Waals surface area contributed by atoms with Gasteiger partial charge in [0.2, 0.25) is 0 Å². The van der Waals surface area contributed by atoms with Crippen LogP contribution in [-0.4, -0.2) is 59.0 Å². The first-order valence-electron chi connectivity index (χ1n) is 10.1. The molecular weight excluding hydrogens is 357 g/mol. The summed E-state index contributed by atoms with van der Waals surface area (Å²) in [5.41, 5.74) is 0.659. The number of hydrogen-bond acceptors (Lipinski definition) is 4. The zero-order valence-corrected chi connectivity index (χ0v) is 16.0. The molecule has 1 aromatic carbocycles. The maximum absolute atomic E-state index is 13.8. The van der Waals surface area contributed by atoms with Gasteiger partial charge in [0.25, 0.3) is 5.91 Å². The third-order valence-corrected chi connectivity index (χ3v) is 5.78. The van der Waals surface area contributed by atoms with Gasteiger partial charge in [0, 0.05) is 44.6 Å². The largest absolute Gasteiger partial charge is 0.487 e. The molecule has 2 saturated heterocycles. The highest BCUT2D eigenvalue weighted by molar-refractivity contribution is 5.93. The van der Waals surface area contributed by atoms with Gasteiger partial charge in [-0.1, -0.05) is 12.1 Å². The van der Waals surface area contributed by atoms with E-state index in [9.17, 15) is 9.18 Å². The number of rotatable bonds is 4. The predicted molar refractivity (Wildman–Crippen MR) is 105 cm³/mol. The van der Waals surface area contributed by atoms with Gasteiger partial charge >= 0.3 is 0 Å². The van der Waals surface area contributed by atoms with Crippen molar-refractivity contribution in [1.82, 2.24) is 14.8 Å². The van der Waals surface area contributed by atoms with Crippen molar-refractivity contribution in [2.45, 2.75) is 37.8 Å². The van der Waals surface area contributed by atoms with Gasteiger partial charge in [0.05, 0.1) is 5.56 Å². The maximum atomic E-state index is 13.8. The van der Waals surface area contributed by atoms with Crippen molar-refractivity contribution < 1.29 is 13.9 Å². The van der Waals surface area contributed by atoms with Crippen LogP contribution in [-0.2, 0) is 0 Å². The van der Waals surface area contributed by atoms with E-state index in [4.69, 9.17) is 4.74 Å². The predicted octanol–water partition coefficient (Wildman–Crippen LogP) is 3.37. The second-order valence-corrected chi connectivity index (χ2v) is 7.55. The van der Waals surface area contributed by atoms with E-state index in [1.54, 1.807) is 36.7 Å². The fraction of sp³-hybridized carbons (Fsp3) is 0.455. The molecule has 0 bridgehead atoms. The summed E-state index contributed by atoms with van der Waals surface area (Å²) in [7, 11) is 0. The van der Waals surface area contributed by atoms with Gasteiger partial charge in [-0.15, -0.1) is 0 Å². The number of aromatic nitrogens is 1. The topological polar surface area (TPSA) is 45.7 Å². The number of benzene rings is 1. The highest BCUT2D eigenvalue weighted by Crippen LogP contribution is 2.25. The van der Waals surface area contributed by atoms with Crippen LogP contribution in [0.1, 0.15) is 36.0 Å². The van der Waals surface area contributed by atoms with Crippen LogP contribution in [0.3, 0.4) is 0 Å². The monoisotopic (exact) mass is 383 g/mol. The number of piperidine rings is 2. The fourth-order valence-electron chi connectivity index (χ4n) is 4.18. The summed E-state index contributed by atoms with van der Waals surface area (Å²) < 4.78 is 19.6. The van der Waals surface area contributed by atoms with E-state index in [1.165, 1.54) is 6.07 Å². The maximum Gasteiger partial charge on any atom is 0.255 e. The lowest BCUT2D eigenvalue weighted by Crippen LogP contribution is -2.50. The number of nitrogens with zero attached hydrogens (tertiary/aromatic N) is 3. The molecule has 2 aromatic rings. The molecular formula is C22H26FN3O2. The Labute approximate surface area is 165 Å². The minimum Gasteiger partial charge on any atom is -0.487 e. The van der Waals surface area contributed by atoms with Gasteiger partial charge < -0.3 is 9.64 Å². The van der Waals surface area contributed by atoms with E-state index in [-0.39, 0.29) is 17.8 Å². The van der Waals surface area contributed by atoms with Crippen molar-refractivity contribution in [2.75, 3.05) is 26.2 Å². The number of ether oxygens (including phenoxy) is 1. The minimum absolute atomic E-state index is 0.0698. The second-order valence-electron chi connectivity index (χ2n) is 7.55. The molecule has 0 spiro atoms. The molecule has 5 nitrogen and oxygen atoms in total. The van der Waals surface area contributed by atoms with Crippen molar-refractivity contribution >= 4 is 5.91 Å². The zero-order chi connectivity index (χ0) is 19.3. The smallest absolute Gasteiger partial charge is 0.255 e. The molecule has 0 radical (unpaired) electrons. The van der Waals surface area contributed by atoms with E-state index in [0.717, 1.165) is 51.9 Å². The Morgan fingerprint density at radius 1 is 1.00 bits per heavy atom. The summed E-state index contributed by atoms with van der Waals surface area (Å²) in [6.45, 7) is 3.48. The quantitative estimate of drug-likeness (QED) is 0.812. The Morgan fingerprint density at radius 3 is 2.43 bits per heavy atom. The van der Waals surface area contributed by atoms with E-state index < -0.39 is 0 Å². The van der Waals surface area contributed by atoms with Crippen molar-refractivity contribution in [3.05, 3.63) is 60.2 Å². The van der Waals surface area contributed by atoms with Gasteiger partial charge in [-0.2, -0.15) is 0 Å². The number of pyridine rings is 1. The number of hydrogen-bond donors (Lipinski definition) is 0. The first-order chi connectivity index (χ1) is 13.7. The highest BCUT2D eigenvalue weighted by atomic mass is 19.1. The molecule has 28 heavy (non-hydrogen) atoms. The molecule has 4 rings (SSSR count). The molecule has 3 heterocycles. The first-order valence-corrected chi connectivity index (χ1v) is 10.1. The minimum atomic E-state index is -0.296. The van der Waals surface area contributed by atoms with E-state index in [2.05, 4.69) is 9.88 Å². The van der Waals surface area contributed by atoms with Gasteiger partial charge in [-0.3, -0.25) is 14.7 Å². The second kappa shape index (κ2) is 8.69. The van der Waals surface area contributed by atoms with Gasteiger partial charge in [-0.05, 0) is 49.9 Å². The molecule has 148 valence electrons. The molecule has 0 atom stereocenters. The summed E-state index contributed by atoms with van der Waals surface area (Å²) in [4.78, 5) is 21.0. The molecule has 0 aliphatic carbocycles. The lowest BCUT2D eigenvalue weighted by molar-refractivity contribution is 0.0416. The number of carbonyl (C=O) groups is 1. The lowest BCUT2D eigenvalue weighted by atomic mass is 9.98. The number of halogens is 1.